The van der Waals surface area contributed by atoms with Crippen molar-refractivity contribution >= 4 is 11.8 Å². The van der Waals surface area contributed by atoms with Gasteiger partial charge in [0.15, 0.2) is 0 Å². The van der Waals surface area contributed by atoms with E-state index >= 15 is 0 Å². The van der Waals surface area contributed by atoms with E-state index in [2.05, 4.69) is 11.2 Å². The molecule has 3 N–H and O–H groups in total. The molecule has 0 unspecified atom stereocenters. The van der Waals surface area contributed by atoms with E-state index < -0.39 is 0 Å². The highest BCUT2D eigenvalue weighted by molar-refractivity contribution is 7.77. The van der Waals surface area contributed by atoms with E-state index in [1.54, 1.807) is 12.2 Å². The third-order valence-corrected chi connectivity index (χ3v) is 2.27. The van der Waals surface area contributed by atoms with Gasteiger partial charge in [-0.15, -0.1) is 0 Å². The SMILES string of the molecule is C[SH+]CCCN(C)/C=C/C=C(/[NH-])N. The van der Waals surface area contributed by atoms with E-state index in [1.165, 1.54) is 23.9 Å². The molecule has 4 heteroatoms. The molecule has 0 spiro atoms. The van der Waals surface area contributed by atoms with E-state index in [0.717, 1.165) is 6.54 Å². The van der Waals surface area contributed by atoms with Crippen LogP contribution in [-0.2, 0) is 11.8 Å². The fourth-order valence-corrected chi connectivity index (χ4v) is 1.30. The number of allylic oxidation sites excluding steroid dienone is 2. The summed E-state index contributed by atoms with van der Waals surface area (Å²) in [5.74, 6) is 1.34. The molecule has 0 saturated carbocycles. The normalized spacial score (nSPS) is 12.3. The van der Waals surface area contributed by atoms with E-state index in [0.29, 0.717) is 0 Å². The lowest BCUT2D eigenvalue weighted by Gasteiger charge is -2.11. The molecule has 0 amide bonds. The van der Waals surface area contributed by atoms with Gasteiger partial charge in [-0.25, -0.2) is 0 Å². The second-order valence-corrected chi connectivity index (χ2v) is 3.92. The maximum Gasteiger partial charge on any atom is 0.107 e. The topological polar surface area (TPSA) is 53.1 Å². The van der Waals surface area contributed by atoms with Gasteiger partial charge >= 0.3 is 0 Å². The molecular weight excluding hydrogens is 182 g/mol. The minimum atomic E-state index is 0.0942. The second kappa shape index (κ2) is 7.86. The first-order chi connectivity index (χ1) is 6.16. The molecule has 0 aromatic carbocycles. The molecule has 3 nitrogen and oxygen atoms in total. The molecule has 0 fully saturated rings. The van der Waals surface area contributed by atoms with Crippen LogP contribution in [0.4, 0.5) is 0 Å². The van der Waals surface area contributed by atoms with Crippen LogP contribution in [0.25, 0.3) is 5.73 Å². The van der Waals surface area contributed by atoms with Gasteiger partial charge in [-0.1, -0.05) is 11.9 Å². The van der Waals surface area contributed by atoms with Gasteiger partial charge in [-0.05, 0) is 24.0 Å². The Labute approximate surface area is 84.8 Å². The molecule has 0 radical (unpaired) electrons. The highest BCUT2D eigenvalue weighted by Gasteiger charge is 1.92. The largest absolute Gasteiger partial charge is 0.495 e. The number of hydrogen-bond acceptors (Lipinski definition) is 2. The van der Waals surface area contributed by atoms with Crippen LogP contribution in [0.15, 0.2) is 24.2 Å². The minimum absolute atomic E-state index is 0.0942. The van der Waals surface area contributed by atoms with Crippen LogP contribution in [0.1, 0.15) is 6.42 Å². The van der Waals surface area contributed by atoms with Crippen LogP contribution in [-0.4, -0.2) is 30.5 Å². The van der Waals surface area contributed by atoms with Crippen LogP contribution in [0.5, 0.6) is 0 Å². The van der Waals surface area contributed by atoms with Crippen molar-refractivity contribution in [3.8, 4) is 0 Å². The van der Waals surface area contributed by atoms with Gasteiger partial charge in [0.05, 0.1) is 6.26 Å². The molecule has 0 aromatic heterocycles. The quantitative estimate of drug-likeness (QED) is 0.303. The Morgan fingerprint density at radius 3 is 2.85 bits per heavy atom. The average Bonchev–Trinajstić information content (AvgIpc) is 2.04. The summed E-state index contributed by atoms with van der Waals surface area (Å²) < 4.78 is 0. The van der Waals surface area contributed by atoms with Crippen molar-refractivity contribution in [3.05, 3.63) is 29.9 Å². The van der Waals surface area contributed by atoms with Crippen LogP contribution >= 0.6 is 0 Å². The molecule has 0 atom stereocenters. The third-order valence-electron chi connectivity index (χ3n) is 1.51. The highest BCUT2D eigenvalue weighted by atomic mass is 32.2. The van der Waals surface area contributed by atoms with Crippen molar-refractivity contribution in [2.75, 3.05) is 25.6 Å². The molecule has 13 heavy (non-hydrogen) atoms. The van der Waals surface area contributed by atoms with E-state index in [1.807, 2.05) is 13.2 Å². The zero-order valence-corrected chi connectivity index (χ0v) is 9.22. The standard InChI is InChI=1S/C9H18N3S/c1-12(7-4-8-13-2)6-3-5-9(10)11/h3,5-6,10H,4,7-8,11H2,1-2H3/q-1/p+1/b6-3+,9-5-. The van der Waals surface area contributed by atoms with Gasteiger partial charge in [0, 0.05) is 20.0 Å². The lowest BCUT2D eigenvalue weighted by atomic mass is 10.4. The molecule has 0 aliphatic rings. The molecule has 0 rings (SSSR count). The van der Waals surface area contributed by atoms with E-state index in [-0.39, 0.29) is 5.82 Å². The second-order valence-electron chi connectivity index (χ2n) is 2.84. The molecule has 0 aliphatic heterocycles. The summed E-state index contributed by atoms with van der Waals surface area (Å²) in [6.07, 6.45) is 8.69. The summed E-state index contributed by atoms with van der Waals surface area (Å²) in [5, 5.41) is 0. The van der Waals surface area contributed by atoms with Crippen molar-refractivity contribution in [2.24, 2.45) is 5.73 Å². The minimum Gasteiger partial charge on any atom is -0.495 e. The van der Waals surface area contributed by atoms with Crippen LogP contribution in [0.3, 0.4) is 0 Å². The van der Waals surface area contributed by atoms with Gasteiger partial charge in [-0.3, -0.25) is 0 Å². The Morgan fingerprint density at radius 2 is 2.31 bits per heavy atom. The number of nitrogens with two attached hydrogens (primary N) is 1. The molecule has 76 valence electrons. The number of thiol groups is 1. The van der Waals surface area contributed by atoms with E-state index in [9.17, 15) is 0 Å². The lowest BCUT2D eigenvalue weighted by molar-refractivity contribution is 0.456. The molecule has 0 saturated heterocycles. The van der Waals surface area contributed by atoms with Gasteiger partial charge in [0.2, 0.25) is 0 Å². The summed E-state index contributed by atoms with van der Waals surface area (Å²) in [7, 11) is 2.02. The maximum atomic E-state index is 6.96. The zero-order valence-electron chi connectivity index (χ0n) is 8.33. The Kier molecular flexibility index (Phi) is 7.39. The zero-order chi connectivity index (χ0) is 10.1. The van der Waals surface area contributed by atoms with Crippen molar-refractivity contribution in [1.29, 1.82) is 0 Å². The van der Waals surface area contributed by atoms with Gasteiger partial charge in [-0.2, -0.15) is 0 Å². The summed E-state index contributed by atoms with van der Waals surface area (Å²) in [5.41, 5.74) is 12.1. The number of nitrogens with one attached hydrogen (secondary N) is 1. The Balaban J connectivity index is 3.55. The molecule has 0 aliphatic carbocycles. The number of rotatable bonds is 6. The fourth-order valence-electron chi connectivity index (χ4n) is 0.846. The average molecular weight is 201 g/mol. The number of hydrogen-bond donors (Lipinski definition) is 1. The van der Waals surface area contributed by atoms with Gasteiger partial charge < -0.3 is 16.4 Å². The Morgan fingerprint density at radius 1 is 1.62 bits per heavy atom. The van der Waals surface area contributed by atoms with Crippen molar-refractivity contribution in [1.82, 2.24) is 4.90 Å². The van der Waals surface area contributed by atoms with Crippen molar-refractivity contribution in [3.63, 3.8) is 0 Å². The molecule has 0 aromatic rings. The van der Waals surface area contributed by atoms with Crippen molar-refractivity contribution in [2.45, 2.75) is 6.42 Å². The predicted molar refractivity (Wildman–Crippen MR) is 62.5 cm³/mol. The summed E-state index contributed by atoms with van der Waals surface area (Å²) in [4.78, 5) is 2.10. The monoisotopic (exact) mass is 201 g/mol. The smallest absolute Gasteiger partial charge is 0.107 e. The molecular formula is C9H19N3S. The summed E-state index contributed by atoms with van der Waals surface area (Å²) in [6, 6.07) is 0. The predicted octanol–water partition coefficient (Wildman–Crippen LogP) is 1.12. The Bertz CT molecular complexity index is 174. The first kappa shape index (κ1) is 12.2. The third kappa shape index (κ3) is 9.14. The summed E-state index contributed by atoms with van der Waals surface area (Å²) in [6.45, 7) is 1.06. The summed E-state index contributed by atoms with van der Waals surface area (Å²) >= 11 is 1.45. The van der Waals surface area contributed by atoms with Crippen molar-refractivity contribution < 1.29 is 0 Å². The van der Waals surface area contributed by atoms with Crippen LogP contribution in [0.2, 0.25) is 0 Å². The van der Waals surface area contributed by atoms with Gasteiger partial charge in [0.25, 0.3) is 0 Å². The molecule has 0 heterocycles. The Hall–Kier alpha value is -0.770. The van der Waals surface area contributed by atoms with E-state index in [4.69, 9.17) is 11.5 Å². The first-order valence-corrected chi connectivity index (χ1v) is 5.81. The maximum absolute atomic E-state index is 6.96. The van der Waals surface area contributed by atoms with Gasteiger partial charge in [0.1, 0.15) is 5.75 Å². The number of nitrogens with zero attached hydrogens (tertiary/aromatic N) is 1. The fraction of sp³-hybridized carbons (Fsp3) is 0.556. The first-order valence-electron chi connectivity index (χ1n) is 4.28. The lowest BCUT2D eigenvalue weighted by Crippen LogP contribution is -2.13. The van der Waals surface area contributed by atoms with Crippen LogP contribution in [0, 0.1) is 0 Å². The van der Waals surface area contributed by atoms with Crippen LogP contribution < -0.4 is 5.73 Å². The molecule has 0 bridgehead atoms. The highest BCUT2D eigenvalue weighted by Crippen LogP contribution is 1.91.